The number of amides is 1. The number of hydrogen-bond acceptors (Lipinski definition) is 3. The van der Waals surface area contributed by atoms with Crippen LogP contribution >= 0.6 is 0 Å². The van der Waals surface area contributed by atoms with Gasteiger partial charge in [0.15, 0.2) is 0 Å². The van der Waals surface area contributed by atoms with Gasteiger partial charge < -0.3 is 11.1 Å². The standard InChI is InChI=1S/C15H25N3O/c1-4-18(11-15(19)17-9-12(2)3)10-13-5-7-14(16)8-6-13/h5-8,12H,4,9-11,16H2,1-3H3,(H,17,19). The van der Waals surface area contributed by atoms with Crippen molar-refractivity contribution in [2.75, 3.05) is 25.4 Å². The second-order valence-electron chi connectivity index (χ2n) is 5.24. The molecule has 1 rings (SSSR count). The lowest BCUT2D eigenvalue weighted by Gasteiger charge is -2.20. The van der Waals surface area contributed by atoms with Gasteiger partial charge in [0.05, 0.1) is 6.54 Å². The van der Waals surface area contributed by atoms with Crippen LogP contribution in [0.1, 0.15) is 26.3 Å². The Labute approximate surface area is 116 Å². The molecule has 1 aromatic carbocycles. The number of nitrogens with zero attached hydrogens (tertiary/aromatic N) is 1. The Bertz CT molecular complexity index is 387. The lowest BCUT2D eigenvalue weighted by molar-refractivity contribution is -0.122. The van der Waals surface area contributed by atoms with Crippen molar-refractivity contribution in [2.45, 2.75) is 27.3 Å². The molecular weight excluding hydrogens is 238 g/mol. The van der Waals surface area contributed by atoms with Crippen LogP contribution in [0.2, 0.25) is 0 Å². The molecule has 4 nitrogen and oxygen atoms in total. The number of anilines is 1. The van der Waals surface area contributed by atoms with Crippen LogP contribution in [0.25, 0.3) is 0 Å². The molecule has 0 aromatic heterocycles. The van der Waals surface area contributed by atoms with Crippen molar-refractivity contribution in [1.29, 1.82) is 0 Å². The Morgan fingerprint density at radius 2 is 1.95 bits per heavy atom. The number of carbonyl (C=O) groups is 1. The van der Waals surface area contributed by atoms with Gasteiger partial charge in [0.1, 0.15) is 0 Å². The molecule has 0 aliphatic rings. The first-order chi connectivity index (χ1) is 9.01. The minimum atomic E-state index is 0.0889. The molecular formula is C15H25N3O. The molecule has 0 aliphatic carbocycles. The first-order valence-corrected chi connectivity index (χ1v) is 6.84. The highest BCUT2D eigenvalue weighted by Crippen LogP contribution is 2.08. The average Bonchev–Trinajstić information content (AvgIpc) is 2.38. The van der Waals surface area contributed by atoms with E-state index in [4.69, 9.17) is 5.73 Å². The first-order valence-electron chi connectivity index (χ1n) is 6.84. The van der Waals surface area contributed by atoms with Crippen LogP contribution in [0, 0.1) is 5.92 Å². The summed E-state index contributed by atoms with van der Waals surface area (Å²) in [5, 5.41) is 2.94. The third kappa shape index (κ3) is 6.25. The van der Waals surface area contributed by atoms with E-state index in [0.717, 1.165) is 25.3 Å². The average molecular weight is 263 g/mol. The van der Waals surface area contributed by atoms with Gasteiger partial charge in [-0.1, -0.05) is 32.9 Å². The van der Waals surface area contributed by atoms with Crippen molar-refractivity contribution in [3.63, 3.8) is 0 Å². The number of nitrogens with one attached hydrogen (secondary N) is 1. The van der Waals surface area contributed by atoms with E-state index in [9.17, 15) is 4.79 Å². The quantitative estimate of drug-likeness (QED) is 0.738. The summed E-state index contributed by atoms with van der Waals surface area (Å²) in [7, 11) is 0. The van der Waals surface area contributed by atoms with Crippen LogP contribution in [0.5, 0.6) is 0 Å². The second kappa shape index (κ2) is 7.79. The summed E-state index contributed by atoms with van der Waals surface area (Å²) in [6.07, 6.45) is 0. The maximum absolute atomic E-state index is 11.8. The first kappa shape index (κ1) is 15.5. The molecule has 3 N–H and O–H groups in total. The Kier molecular flexibility index (Phi) is 6.36. The monoisotopic (exact) mass is 263 g/mol. The summed E-state index contributed by atoms with van der Waals surface area (Å²) in [6.45, 7) is 9.03. The molecule has 0 unspecified atom stereocenters. The van der Waals surface area contributed by atoms with Crippen LogP contribution in [-0.4, -0.2) is 30.4 Å². The number of rotatable bonds is 7. The summed E-state index contributed by atoms with van der Waals surface area (Å²) < 4.78 is 0. The van der Waals surface area contributed by atoms with E-state index >= 15 is 0 Å². The van der Waals surface area contributed by atoms with Crippen molar-refractivity contribution in [3.05, 3.63) is 29.8 Å². The van der Waals surface area contributed by atoms with Gasteiger partial charge in [-0.3, -0.25) is 9.69 Å². The summed E-state index contributed by atoms with van der Waals surface area (Å²) in [5.74, 6) is 0.571. The van der Waals surface area contributed by atoms with Crippen molar-refractivity contribution >= 4 is 11.6 Å². The number of nitrogens with two attached hydrogens (primary N) is 1. The lowest BCUT2D eigenvalue weighted by Crippen LogP contribution is -2.38. The molecule has 0 radical (unpaired) electrons. The fourth-order valence-corrected chi connectivity index (χ4v) is 1.74. The zero-order chi connectivity index (χ0) is 14.3. The van der Waals surface area contributed by atoms with Gasteiger partial charge in [0.2, 0.25) is 5.91 Å². The van der Waals surface area contributed by atoms with Crippen molar-refractivity contribution in [1.82, 2.24) is 10.2 Å². The zero-order valence-electron chi connectivity index (χ0n) is 12.1. The highest BCUT2D eigenvalue weighted by atomic mass is 16.2. The number of carbonyl (C=O) groups excluding carboxylic acids is 1. The fraction of sp³-hybridized carbons (Fsp3) is 0.533. The molecule has 106 valence electrons. The van der Waals surface area contributed by atoms with Gasteiger partial charge in [0, 0.05) is 18.8 Å². The van der Waals surface area contributed by atoms with E-state index in [1.807, 2.05) is 24.3 Å². The van der Waals surface area contributed by atoms with E-state index in [0.29, 0.717) is 12.5 Å². The predicted molar refractivity (Wildman–Crippen MR) is 79.7 cm³/mol. The fourth-order valence-electron chi connectivity index (χ4n) is 1.74. The van der Waals surface area contributed by atoms with Crippen molar-refractivity contribution in [3.8, 4) is 0 Å². The topological polar surface area (TPSA) is 58.4 Å². The van der Waals surface area contributed by atoms with E-state index in [-0.39, 0.29) is 5.91 Å². The van der Waals surface area contributed by atoms with E-state index < -0.39 is 0 Å². The second-order valence-corrected chi connectivity index (χ2v) is 5.24. The van der Waals surface area contributed by atoms with Crippen LogP contribution in [0.3, 0.4) is 0 Å². The molecule has 0 fully saturated rings. The summed E-state index contributed by atoms with van der Waals surface area (Å²) >= 11 is 0. The van der Waals surface area contributed by atoms with E-state index in [2.05, 4.69) is 31.0 Å². The molecule has 0 saturated heterocycles. The van der Waals surface area contributed by atoms with Crippen molar-refractivity contribution < 1.29 is 4.79 Å². The Morgan fingerprint density at radius 1 is 1.32 bits per heavy atom. The summed E-state index contributed by atoms with van der Waals surface area (Å²) in [6, 6.07) is 7.79. The van der Waals surface area contributed by atoms with Gasteiger partial charge in [0.25, 0.3) is 0 Å². The Morgan fingerprint density at radius 3 is 2.47 bits per heavy atom. The molecule has 0 heterocycles. The van der Waals surface area contributed by atoms with Gasteiger partial charge in [-0.2, -0.15) is 0 Å². The molecule has 19 heavy (non-hydrogen) atoms. The maximum Gasteiger partial charge on any atom is 0.234 e. The number of benzene rings is 1. The molecule has 0 aliphatic heterocycles. The summed E-state index contributed by atoms with van der Waals surface area (Å²) in [5.41, 5.74) is 7.60. The maximum atomic E-state index is 11.8. The van der Waals surface area contributed by atoms with E-state index in [1.165, 1.54) is 5.56 Å². The lowest BCUT2D eigenvalue weighted by atomic mass is 10.2. The minimum absolute atomic E-state index is 0.0889. The molecule has 4 heteroatoms. The number of hydrogen-bond donors (Lipinski definition) is 2. The number of nitrogen functional groups attached to an aromatic ring is 1. The highest BCUT2D eigenvalue weighted by molar-refractivity contribution is 5.78. The largest absolute Gasteiger partial charge is 0.399 e. The third-order valence-electron chi connectivity index (χ3n) is 2.91. The normalized spacial score (nSPS) is 11.0. The van der Waals surface area contributed by atoms with Gasteiger partial charge >= 0.3 is 0 Å². The minimum Gasteiger partial charge on any atom is -0.399 e. The van der Waals surface area contributed by atoms with Gasteiger partial charge in [-0.25, -0.2) is 0 Å². The Hall–Kier alpha value is -1.55. The third-order valence-corrected chi connectivity index (χ3v) is 2.91. The molecule has 0 atom stereocenters. The van der Waals surface area contributed by atoms with Crippen LogP contribution in [0.15, 0.2) is 24.3 Å². The SMILES string of the molecule is CCN(CC(=O)NCC(C)C)Cc1ccc(N)cc1. The predicted octanol–water partition coefficient (Wildman–Crippen LogP) is 1.86. The van der Waals surface area contributed by atoms with Crippen LogP contribution < -0.4 is 11.1 Å². The molecule has 1 aromatic rings. The zero-order valence-corrected chi connectivity index (χ0v) is 12.1. The van der Waals surface area contributed by atoms with Gasteiger partial charge in [-0.15, -0.1) is 0 Å². The molecule has 1 amide bonds. The van der Waals surface area contributed by atoms with E-state index in [1.54, 1.807) is 0 Å². The molecule has 0 spiro atoms. The van der Waals surface area contributed by atoms with Crippen LogP contribution in [0.4, 0.5) is 5.69 Å². The van der Waals surface area contributed by atoms with Gasteiger partial charge in [-0.05, 0) is 30.2 Å². The molecule has 0 bridgehead atoms. The smallest absolute Gasteiger partial charge is 0.234 e. The van der Waals surface area contributed by atoms with Crippen molar-refractivity contribution in [2.24, 2.45) is 5.92 Å². The number of likely N-dealkylation sites (N-methyl/N-ethyl adjacent to an activating group) is 1. The summed E-state index contributed by atoms with van der Waals surface area (Å²) in [4.78, 5) is 13.9. The highest BCUT2D eigenvalue weighted by Gasteiger charge is 2.09. The van der Waals surface area contributed by atoms with Crippen LogP contribution in [-0.2, 0) is 11.3 Å². The molecule has 0 saturated carbocycles. The Balaban J connectivity index is 2.45.